The topological polar surface area (TPSA) is 75.8 Å². The van der Waals surface area contributed by atoms with Gasteiger partial charge in [0.15, 0.2) is 5.58 Å². The number of ether oxygens (including phenoxy) is 1. The fourth-order valence-corrected chi connectivity index (χ4v) is 1.80. The number of hydrogen-bond donors (Lipinski definition) is 1. The van der Waals surface area contributed by atoms with Crippen LogP contribution in [0.3, 0.4) is 0 Å². The third-order valence-corrected chi connectivity index (χ3v) is 2.67. The maximum atomic E-state index is 10.8. The van der Waals surface area contributed by atoms with Gasteiger partial charge in [-0.15, -0.1) is 0 Å². The summed E-state index contributed by atoms with van der Waals surface area (Å²) in [6.45, 7) is 1.27. The predicted molar refractivity (Wildman–Crippen MR) is 68.8 cm³/mol. The second kappa shape index (κ2) is 6.31. The van der Waals surface area contributed by atoms with E-state index in [1.54, 1.807) is 12.0 Å². The van der Waals surface area contributed by atoms with Crippen LogP contribution in [0.25, 0.3) is 11.1 Å². The molecule has 0 aliphatic heterocycles. The Morgan fingerprint density at radius 1 is 1.47 bits per heavy atom. The fraction of sp³-hybridized carbons (Fsp3) is 0.385. The van der Waals surface area contributed by atoms with Crippen LogP contribution >= 0.6 is 0 Å². The number of rotatable bonds is 7. The Hall–Kier alpha value is -1.92. The number of carboxylic acids is 1. The van der Waals surface area contributed by atoms with Crippen molar-refractivity contribution in [2.45, 2.75) is 6.54 Å². The Balaban J connectivity index is 2.08. The standard InChI is InChI=1S/C13H16N2O4/c1-18-7-6-15(9-13(16)17)8-12-14-10-4-2-3-5-11(10)19-12/h2-5H,6-9H2,1H3,(H,16,17). The van der Waals surface area contributed by atoms with E-state index in [-0.39, 0.29) is 6.54 Å². The van der Waals surface area contributed by atoms with E-state index in [0.717, 1.165) is 5.52 Å². The van der Waals surface area contributed by atoms with Crippen molar-refractivity contribution in [3.05, 3.63) is 30.2 Å². The number of oxazole rings is 1. The third kappa shape index (κ3) is 3.77. The first-order valence-electron chi connectivity index (χ1n) is 5.96. The van der Waals surface area contributed by atoms with Crippen molar-refractivity contribution in [1.82, 2.24) is 9.88 Å². The molecule has 1 aromatic carbocycles. The van der Waals surface area contributed by atoms with Crippen LogP contribution in [-0.4, -0.2) is 47.8 Å². The summed E-state index contributed by atoms with van der Waals surface area (Å²) in [6, 6.07) is 7.45. The molecular weight excluding hydrogens is 248 g/mol. The monoisotopic (exact) mass is 264 g/mol. The number of methoxy groups -OCH3 is 1. The molecule has 2 aromatic rings. The first-order valence-corrected chi connectivity index (χ1v) is 5.96. The van der Waals surface area contributed by atoms with Crippen molar-refractivity contribution in [1.29, 1.82) is 0 Å². The van der Waals surface area contributed by atoms with E-state index in [4.69, 9.17) is 14.3 Å². The Labute approximate surface area is 110 Å². The van der Waals surface area contributed by atoms with Crippen molar-refractivity contribution in [3.63, 3.8) is 0 Å². The first-order chi connectivity index (χ1) is 9.19. The van der Waals surface area contributed by atoms with Gasteiger partial charge in [-0.05, 0) is 12.1 Å². The average Bonchev–Trinajstić information content (AvgIpc) is 2.77. The van der Waals surface area contributed by atoms with E-state index in [1.165, 1.54) is 0 Å². The summed E-state index contributed by atoms with van der Waals surface area (Å²) in [5.74, 6) is -0.370. The van der Waals surface area contributed by atoms with E-state index in [9.17, 15) is 4.79 Å². The molecule has 19 heavy (non-hydrogen) atoms. The molecule has 0 amide bonds. The highest BCUT2D eigenvalue weighted by molar-refractivity contribution is 5.72. The highest BCUT2D eigenvalue weighted by Crippen LogP contribution is 2.15. The summed E-state index contributed by atoms with van der Waals surface area (Å²) in [5.41, 5.74) is 1.49. The summed E-state index contributed by atoms with van der Waals surface area (Å²) < 4.78 is 10.5. The fourth-order valence-electron chi connectivity index (χ4n) is 1.80. The number of fused-ring (bicyclic) bond motifs is 1. The summed E-state index contributed by atoms with van der Waals surface area (Å²) in [4.78, 5) is 16.8. The molecule has 0 unspecified atom stereocenters. The van der Waals surface area contributed by atoms with Crippen LogP contribution in [0.2, 0.25) is 0 Å². The molecule has 0 atom stereocenters. The summed E-state index contributed by atoms with van der Waals surface area (Å²) >= 11 is 0. The van der Waals surface area contributed by atoms with Gasteiger partial charge in [-0.2, -0.15) is 0 Å². The molecule has 2 rings (SSSR count). The Kier molecular flexibility index (Phi) is 4.48. The largest absolute Gasteiger partial charge is 0.480 e. The normalized spacial score (nSPS) is 11.3. The van der Waals surface area contributed by atoms with E-state index in [1.807, 2.05) is 24.3 Å². The van der Waals surface area contributed by atoms with Gasteiger partial charge in [-0.1, -0.05) is 12.1 Å². The lowest BCUT2D eigenvalue weighted by atomic mass is 10.3. The minimum Gasteiger partial charge on any atom is -0.480 e. The van der Waals surface area contributed by atoms with Gasteiger partial charge < -0.3 is 14.3 Å². The quantitative estimate of drug-likeness (QED) is 0.813. The molecule has 0 aliphatic carbocycles. The Morgan fingerprint density at radius 2 is 2.26 bits per heavy atom. The Bertz CT molecular complexity index is 519. The van der Waals surface area contributed by atoms with Crippen molar-refractivity contribution in [2.24, 2.45) is 0 Å². The number of aromatic nitrogens is 1. The molecule has 0 spiro atoms. The molecule has 0 bridgehead atoms. The lowest BCUT2D eigenvalue weighted by Crippen LogP contribution is -2.32. The van der Waals surface area contributed by atoms with Crippen LogP contribution in [0, 0.1) is 0 Å². The molecule has 0 saturated heterocycles. The van der Waals surface area contributed by atoms with Gasteiger partial charge in [0.2, 0.25) is 5.89 Å². The van der Waals surface area contributed by atoms with E-state index in [2.05, 4.69) is 4.98 Å². The third-order valence-electron chi connectivity index (χ3n) is 2.67. The second-order valence-electron chi connectivity index (χ2n) is 4.17. The van der Waals surface area contributed by atoms with E-state index in [0.29, 0.717) is 31.2 Å². The zero-order valence-corrected chi connectivity index (χ0v) is 10.7. The molecule has 1 N–H and O–H groups in total. The van der Waals surface area contributed by atoms with Crippen molar-refractivity contribution in [3.8, 4) is 0 Å². The predicted octanol–water partition coefficient (Wildman–Crippen LogP) is 1.36. The number of para-hydroxylation sites is 2. The number of carboxylic acid groups (broad SMARTS) is 1. The summed E-state index contributed by atoms with van der Waals surface area (Å²) in [6.07, 6.45) is 0. The average molecular weight is 264 g/mol. The van der Waals surface area contributed by atoms with E-state index < -0.39 is 5.97 Å². The van der Waals surface area contributed by atoms with Crippen LogP contribution < -0.4 is 0 Å². The maximum Gasteiger partial charge on any atom is 0.317 e. The van der Waals surface area contributed by atoms with E-state index >= 15 is 0 Å². The SMILES string of the molecule is COCCN(CC(=O)O)Cc1nc2ccccc2o1. The molecule has 0 saturated carbocycles. The molecular formula is C13H16N2O4. The van der Waals surface area contributed by atoms with Gasteiger partial charge in [0, 0.05) is 13.7 Å². The number of benzene rings is 1. The van der Waals surface area contributed by atoms with Gasteiger partial charge >= 0.3 is 5.97 Å². The number of carbonyl (C=O) groups is 1. The van der Waals surface area contributed by atoms with Crippen LogP contribution in [0.4, 0.5) is 0 Å². The van der Waals surface area contributed by atoms with Crippen LogP contribution in [0.1, 0.15) is 5.89 Å². The molecule has 1 aromatic heterocycles. The molecule has 102 valence electrons. The maximum absolute atomic E-state index is 10.8. The Morgan fingerprint density at radius 3 is 2.95 bits per heavy atom. The number of aliphatic carboxylic acids is 1. The van der Waals surface area contributed by atoms with Gasteiger partial charge in [0.25, 0.3) is 0 Å². The van der Waals surface area contributed by atoms with Crippen molar-refractivity contribution >= 4 is 17.1 Å². The molecule has 1 heterocycles. The van der Waals surface area contributed by atoms with Crippen LogP contribution in [0.5, 0.6) is 0 Å². The molecule has 0 aliphatic rings. The van der Waals surface area contributed by atoms with Crippen molar-refractivity contribution < 1.29 is 19.1 Å². The van der Waals surface area contributed by atoms with Crippen LogP contribution in [0.15, 0.2) is 28.7 Å². The van der Waals surface area contributed by atoms with Crippen LogP contribution in [-0.2, 0) is 16.1 Å². The number of hydrogen-bond acceptors (Lipinski definition) is 5. The van der Waals surface area contributed by atoms with Gasteiger partial charge in [0.05, 0.1) is 19.7 Å². The second-order valence-corrected chi connectivity index (χ2v) is 4.17. The molecule has 6 nitrogen and oxygen atoms in total. The lowest BCUT2D eigenvalue weighted by molar-refractivity contribution is -0.138. The molecule has 0 radical (unpaired) electrons. The lowest BCUT2D eigenvalue weighted by Gasteiger charge is -2.17. The zero-order valence-electron chi connectivity index (χ0n) is 10.7. The van der Waals surface area contributed by atoms with Crippen molar-refractivity contribution in [2.75, 3.05) is 26.8 Å². The highest BCUT2D eigenvalue weighted by atomic mass is 16.5. The zero-order chi connectivity index (χ0) is 13.7. The summed E-state index contributed by atoms with van der Waals surface area (Å²) in [5, 5.41) is 8.87. The minimum atomic E-state index is -0.882. The van der Waals surface area contributed by atoms with Gasteiger partial charge in [0.1, 0.15) is 5.52 Å². The highest BCUT2D eigenvalue weighted by Gasteiger charge is 2.14. The van der Waals surface area contributed by atoms with Gasteiger partial charge in [-0.25, -0.2) is 4.98 Å². The number of nitrogens with zero attached hydrogens (tertiary/aromatic N) is 2. The first kappa shape index (κ1) is 13.5. The smallest absolute Gasteiger partial charge is 0.317 e. The van der Waals surface area contributed by atoms with Gasteiger partial charge in [-0.3, -0.25) is 9.69 Å². The molecule has 0 fully saturated rings. The summed E-state index contributed by atoms with van der Waals surface area (Å²) in [7, 11) is 1.58. The molecule has 6 heteroatoms. The minimum absolute atomic E-state index is 0.0674.